The van der Waals surface area contributed by atoms with Crippen LogP contribution in [0, 0.1) is 5.92 Å². The predicted octanol–water partition coefficient (Wildman–Crippen LogP) is 5.02. The Hall–Kier alpha value is -0.740. The molecule has 3 nitrogen and oxygen atoms in total. The summed E-state index contributed by atoms with van der Waals surface area (Å²) in [6.07, 6.45) is 12.2. The fraction of sp³-hybridized carbons (Fsp3) is 0.737. The van der Waals surface area contributed by atoms with E-state index < -0.39 is 0 Å². The molecule has 1 unspecified atom stereocenters. The van der Waals surface area contributed by atoms with E-state index in [1.54, 1.807) is 24.9 Å². The largest absolute Gasteiger partial charge is 0.462 e. The molecule has 0 aromatic rings. The minimum Gasteiger partial charge on any atom is -0.462 e. The maximum atomic E-state index is 11.5. The minimum atomic E-state index is -0.254. The standard InChI is InChI=1S/C19H34O3S/c1-16(11-8-12-19(3,4)21-5)9-7-10-17(2)15-18(20)22-13-14-23-6/h7,10,15-16H,8-9,11-14H2,1-6H3. The highest BCUT2D eigenvalue weighted by Crippen LogP contribution is 2.20. The van der Waals surface area contributed by atoms with Crippen LogP contribution in [0.3, 0.4) is 0 Å². The van der Waals surface area contributed by atoms with Crippen LogP contribution in [0.4, 0.5) is 0 Å². The van der Waals surface area contributed by atoms with Crippen LogP contribution >= 0.6 is 11.8 Å². The first-order valence-electron chi connectivity index (χ1n) is 8.36. The Kier molecular flexibility index (Phi) is 12.2. The van der Waals surface area contributed by atoms with E-state index in [1.807, 2.05) is 19.3 Å². The number of thioether (sulfide) groups is 1. The second kappa shape index (κ2) is 12.7. The zero-order chi connectivity index (χ0) is 17.7. The van der Waals surface area contributed by atoms with Crippen molar-refractivity contribution >= 4 is 17.7 Å². The topological polar surface area (TPSA) is 35.5 Å². The number of methoxy groups -OCH3 is 1. The molecule has 0 saturated heterocycles. The van der Waals surface area contributed by atoms with Gasteiger partial charge in [-0.1, -0.05) is 31.9 Å². The maximum absolute atomic E-state index is 11.5. The van der Waals surface area contributed by atoms with Crippen molar-refractivity contribution in [3.8, 4) is 0 Å². The van der Waals surface area contributed by atoms with Gasteiger partial charge < -0.3 is 9.47 Å². The summed E-state index contributed by atoms with van der Waals surface area (Å²) < 4.78 is 10.5. The summed E-state index contributed by atoms with van der Waals surface area (Å²) in [6.45, 7) is 8.92. The van der Waals surface area contributed by atoms with E-state index in [0.717, 1.165) is 24.2 Å². The lowest BCUT2D eigenvalue weighted by atomic mass is 9.95. The monoisotopic (exact) mass is 342 g/mol. The predicted molar refractivity (Wildman–Crippen MR) is 101 cm³/mol. The molecule has 4 heteroatoms. The van der Waals surface area contributed by atoms with E-state index >= 15 is 0 Å². The minimum absolute atomic E-state index is 0.0223. The molecule has 0 bridgehead atoms. The smallest absolute Gasteiger partial charge is 0.331 e. The summed E-state index contributed by atoms with van der Waals surface area (Å²) in [5.41, 5.74) is 0.915. The SMILES string of the molecule is COC(C)(C)CCCC(C)CC=CC(C)=CC(=O)OCCSC. The number of hydrogen-bond acceptors (Lipinski definition) is 4. The number of carbonyl (C=O) groups excluding carboxylic acids is 1. The van der Waals surface area contributed by atoms with Gasteiger partial charge in [0.05, 0.1) is 5.60 Å². The number of hydrogen-bond donors (Lipinski definition) is 0. The van der Waals surface area contributed by atoms with Gasteiger partial charge in [-0.3, -0.25) is 0 Å². The van der Waals surface area contributed by atoms with Gasteiger partial charge in [0.15, 0.2) is 0 Å². The number of allylic oxidation sites excluding steroid dienone is 3. The van der Waals surface area contributed by atoms with E-state index in [4.69, 9.17) is 9.47 Å². The molecule has 1 atom stereocenters. The Morgan fingerprint density at radius 3 is 2.65 bits per heavy atom. The van der Waals surface area contributed by atoms with E-state index in [2.05, 4.69) is 26.8 Å². The van der Waals surface area contributed by atoms with Crippen LogP contribution in [-0.4, -0.2) is 37.3 Å². The van der Waals surface area contributed by atoms with E-state index in [1.165, 1.54) is 12.8 Å². The third kappa shape index (κ3) is 13.4. The van der Waals surface area contributed by atoms with E-state index in [-0.39, 0.29) is 11.6 Å². The number of esters is 1. The fourth-order valence-corrected chi connectivity index (χ4v) is 2.33. The van der Waals surface area contributed by atoms with Crippen molar-refractivity contribution in [3.05, 3.63) is 23.8 Å². The Morgan fingerprint density at radius 2 is 2.04 bits per heavy atom. The first kappa shape index (κ1) is 22.3. The first-order chi connectivity index (χ1) is 10.8. The van der Waals surface area contributed by atoms with Crippen LogP contribution < -0.4 is 0 Å². The molecule has 0 aromatic heterocycles. The summed E-state index contributed by atoms with van der Waals surface area (Å²) in [5.74, 6) is 1.22. The lowest BCUT2D eigenvalue weighted by molar-refractivity contribution is -0.137. The lowest BCUT2D eigenvalue weighted by Gasteiger charge is -2.23. The van der Waals surface area contributed by atoms with Crippen molar-refractivity contribution in [2.24, 2.45) is 5.92 Å². The normalized spacial score (nSPS) is 14.3. The van der Waals surface area contributed by atoms with Crippen molar-refractivity contribution in [1.29, 1.82) is 0 Å². The number of rotatable bonds is 12. The Bertz CT molecular complexity index is 386. The van der Waals surface area contributed by atoms with Gasteiger partial charge in [0.25, 0.3) is 0 Å². The number of ether oxygens (including phenoxy) is 2. The third-order valence-electron chi connectivity index (χ3n) is 3.82. The number of carbonyl (C=O) groups is 1. The highest BCUT2D eigenvalue weighted by atomic mass is 32.2. The van der Waals surface area contributed by atoms with E-state index in [9.17, 15) is 4.79 Å². The van der Waals surface area contributed by atoms with Crippen molar-refractivity contribution in [3.63, 3.8) is 0 Å². The van der Waals surface area contributed by atoms with Gasteiger partial charge in [-0.15, -0.1) is 0 Å². The van der Waals surface area contributed by atoms with Crippen LogP contribution in [0.25, 0.3) is 0 Å². The van der Waals surface area contributed by atoms with Gasteiger partial charge in [-0.2, -0.15) is 11.8 Å². The highest BCUT2D eigenvalue weighted by molar-refractivity contribution is 7.98. The van der Waals surface area contributed by atoms with Crippen molar-refractivity contribution in [1.82, 2.24) is 0 Å². The summed E-state index contributed by atoms with van der Waals surface area (Å²) >= 11 is 1.67. The molecule has 0 radical (unpaired) electrons. The van der Waals surface area contributed by atoms with Crippen LogP contribution in [0.5, 0.6) is 0 Å². The molecule has 0 aliphatic carbocycles. The zero-order valence-corrected chi connectivity index (χ0v) is 16.5. The van der Waals surface area contributed by atoms with Crippen molar-refractivity contribution in [2.75, 3.05) is 25.7 Å². The fourth-order valence-electron chi connectivity index (χ4n) is 2.08. The Labute approximate surface area is 146 Å². The molecule has 0 N–H and O–H groups in total. The molecular formula is C19H34O3S. The van der Waals surface area contributed by atoms with Gasteiger partial charge in [0.2, 0.25) is 0 Å². The van der Waals surface area contributed by atoms with Gasteiger partial charge in [-0.05, 0) is 51.4 Å². The summed E-state index contributed by atoms with van der Waals surface area (Å²) in [5, 5.41) is 0. The average Bonchev–Trinajstić information content (AvgIpc) is 2.47. The third-order valence-corrected chi connectivity index (χ3v) is 4.40. The first-order valence-corrected chi connectivity index (χ1v) is 9.76. The quantitative estimate of drug-likeness (QED) is 0.216. The van der Waals surface area contributed by atoms with Gasteiger partial charge in [-0.25, -0.2) is 4.79 Å². The Balaban J connectivity index is 3.99. The van der Waals surface area contributed by atoms with Crippen molar-refractivity contribution < 1.29 is 14.3 Å². The Morgan fingerprint density at radius 1 is 1.35 bits per heavy atom. The summed E-state index contributed by atoms with van der Waals surface area (Å²) in [7, 11) is 1.77. The molecule has 0 amide bonds. The summed E-state index contributed by atoms with van der Waals surface area (Å²) in [6, 6.07) is 0. The molecule has 0 aliphatic rings. The molecule has 0 fully saturated rings. The zero-order valence-electron chi connectivity index (χ0n) is 15.7. The molecule has 23 heavy (non-hydrogen) atoms. The average molecular weight is 343 g/mol. The lowest BCUT2D eigenvalue weighted by Crippen LogP contribution is -2.22. The molecule has 0 spiro atoms. The molecule has 0 aromatic carbocycles. The highest BCUT2D eigenvalue weighted by Gasteiger charge is 2.15. The van der Waals surface area contributed by atoms with Crippen LogP contribution in [-0.2, 0) is 14.3 Å². The maximum Gasteiger partial charge on any atom is 0.331 e. The van der Waals surface area contributed by atoms with Gasteiger partial charge in [0.1, 0.15) is 6.61 Å². The second-order valence-corrected chi connectivity index (χ2v) is 7.63. The van der Waals surface area contributed by atoms with Crippen molar-refractivity contribution in [2.45, 2.75) is 59.0 Å². The molecule has 0 heterocycles. The van der Waals surface area contributed by atoms with E-state index in [0.29, 0.717) is 12.5 Å². The van der Waals surface area contributed by atoms with Gasteiger partial charge >= 0.3 is 5.97 Å². The molecule has 0 rings (SSSR count). The summed E-state index contributed by atoms with van der Waals surface area (Å²) in [4.78, 5) is 11.5. The molecule has 0 aliphatic heterocycles. The molecule has 0 saturated carbocycles. The molecular weight excluding hydrogens is 308 g/mol. The van der Waals surface area contributed by atoms with Gasteiger partial charge in [0, 0.05) is 18.9 Å². The van der Waals surface area contributed by atoms with Crippen LogP contribution in [0.15, 0.2) is 23.8 Å². The second-order valence-electron chi connectivity index (χ2n) is 6.65. The van der Waals surface area contributed by atoms with Crippen LogP contribution in [0.1, 0.15) is 53.4 Å². The van der Waals surface area contributed by atoms with Crippen LogP contribution in [0.2, 0.25) is 0 Å². The molecule has 134 valence electrons.